The Hall–Kier alpha value is -2.74. The van der Waals surface area contributed by atoms with E-state index < -0.39 is 4.92 Å². The summed E-state index contributed by atoms with van der Waals surface area (Å²) in [6.07, 6.45) is 1.39. The molecule has 2 rings (SSSR count). The number of nitro groups is 1. The Balaban J connectivity index is 2.18. The number of nitro benzene ring substituents is 1. The molecular weight excluding hydrogens is 376 g/mol. The average Bonchev–Trinajstić information content (AvgIpc) is 2.55. The van der Waals surface area contributed by atoms with Gasteiger partial charge in [0.1, 0.15) is 0 Å². The average molecular weight is 391 g/mol. The molecule has 0 spiro atoms. The predicted molar refractivity (Wildman–Crippen MR) is 96.6 cm³/mol. The summed E-state index contributed by atoms with van der Waals surface area (Å²) in [6, 6.07) is 11.3. The van der Waals surface area contributed by atoms with Gasteiger partial charge in [-0.1, -0.05) is 15.9 Å². The molecule has 1 N–H and O–H groups in total. The van der Waals surface area contributed by atoms with Gasteiger partial charge < -0.3 is 4.90 Å². The Morgan fingerprint density at radius 2 is 1.92 bits per heavy atom. The Morgan fingerprint density at radius 3 is 2.50 bits per heavy atom. The van der Waals surface area contributed by atoms with Crippen LogP contribution in [0.4, 0.5) is 11.4 Å². The molecule has 0 fully saturated rings. The second-order valence-corrected chi connectivity index (χ2v) is 6.02. The Kier molecular flexibility index (Phi) is 5.64. The monoisotopic (exact) mass is 390 g/mol. The van der Waals surface area contributed by atoms with Gasteiger partial charge in [-0.2, -0.15) is 5.10 Å². The summed E-state index contributed by atoms with van der Waals surface area (Å²) in [5.74, 6) is -0.365. The molecule has 0 heterocycles. The van der Waals surface area contributed by atoms with Gasteiger partial charge in [0.05, 0.1) is 11.1 Å². The van der Waals surface area contributed by atoms with Crippen LogP contribution in [0.25, 0.3) is 0 Å². The van der Waals surface area contributed by atoms with Gasteiger partial charge >= 0.3 is 0 Å². The summed E-state index contributed by atoms with van der Waals surface area (Å²) < 4.78 is 0.870. The van der Waals surface area contributed by atoms with Gasteiger partial charge in [-0.3, -0.25) is 14.9 Å². The fourth-order valence-electron chi connectivity index (χ4n) is 1.99. The second-order valence-electron chi connectivity index (χ2n) is 5.10. The number of hydrazone groups is 1. The predicted octanol–water partition coefficient (Wildman–Crippen LogP) is 3.19. The highest BCUT2D eigenvalue weighted by Crippen LogP contribution is 2.22. The van der Waals surface area contributed by atoms with Gasteiger partial charge in [0, 0.05) is 47.5 Å². The van der Waals surface area contributed by atoms with E-state index in [2.05, 4.69) is 26.5 Å². The fraction of sp³-hybridized carbons (Fsp3) is 0.125. The van der Waals surface area contributed by atoms with Crippen molar-refractivity contribution < 1.29 is 9.72 Å². The first kappa shape index (κ1) is 17.6. The molecule has 124 valence electrons. The first-order valence-corrected chi connectivity index (χ1v) is 7.72. The van der Waals surface area contributed by atoms with Crippen molar-refractivity contribution in [3.8, 4) is 0 Å². The molecule has 0 aliphatic heterocycles. The highest BCUT2D eigenvalue weighted by Gasteiger charge is 2.11. The van der Waals surface area contributed by atoms with Crippen LogP contribution in [0, 0.1) is 10.1 Å². The number of hydrogen-bond acceptors (Lipinski definition) is 5. The lowest BCUT2D eigenvalue weighted by molar-refractivity contribution is -0.384. The maximum absolute atomic E-state index is 12.0. The molecular formula is C16H15BrN4O3. The first-order chi connectivity index (χ1) is 11.4. The Bertz CT molecular complexity index is 788. The largest absolute Gasteiger partial charge is 0.377 e. The van der Waals surface area contributed by atoms with Gasteiger partial charge in [0.2, 0.25) is 0 Å². The summed E-state index contributed by atoms with van der Waals surface area (Å²) >= 11 is 3.30. The fourth-order valence-corrected chi connectivity index (χ4v) is 2.26. The third-order valence-electron chi connectivity index (χ3n) is 3.18. The van der Waals surface area contributed by atoms with Gasteiger partial charge in [-0.05, 0) is 30.3 Å². The van der Waals surface area contributed by atoms with Gasteiger partial charge in [-0.15, -0.1) is 0 Å². The summed E-state index contributed by atoms with van der Waals surface area (Å²) in [6.45, 7) is 0. The molecule has 0 aliphatic rings. The molecule has 0 unspecified atom stereocenters. The lowest BCUT2D eigenvalue weighted by atomic mass is 10.1. The van der Waals surface area contributed by atoms with Crippen molar-refractivity contribution >= 4 is 39.4 Å². The molecule has 0 aliphatic carbocycles. The summed E-state index contributed by atoms with van der Waals surface area (Å²) in [4.78, 5) is 24.2. The number of rotatable bonds is 5. The number of benzene rings is 2. The second kappa shape index (κ2) is 7.69. The van der Waals surface area contributed by atoms with Crippen LogP contribution in [0.2, 0.25) is 0 Å². The summed E-state index contributed by atoms with van der Waals surface area (Å²) in [7, 11) is 3.64. The molecule has 0 bridgehead atoms. The molecule has 8 heteroatoms. The molecule has 0 saturated carbocycles. The van der Waals surface area contributed by atoms with Crippen LogP contribution in [0.1, 0.15) is 15.9 Å². The summed E-state index contributed by atoms with van der Waals surface area (Å²) in [5, 5.41) is 14.8. The minimum atomic E-state index is -0.475. The van der Waals surface area contributed by atoms with Crippen molar-refractivity contribution in [2.45, 2.75) is 0 Å². The highest BCUT2D eigenvalue weighted by molar-refractivity contribution is 9.10. The lowest BCUT2D eigenvalue weighted by Gasteiger charge is -2.14. The van der Waals surface area contributed by atoms with Crippen molar-refractivity contribution in [2.75, 3.05) is 19.0 Å². The van der Waals surface area contributed by atoms with Crippen LogP contribution in [0.3, 0.4) is 0 Å². The van der Waals surface area contributed by atoms with Crippen LogP contribution < -0.4 is 10.3 Å². The normalized spacial score (nSPS) is 10.6. The van der Waals surface area contributed by atoms with E-state index in [0.717, 1.165) is 10.2 Å². The third kappa shape index (κ3) is 4.39. The van der Waals surface area contributed by atoms with E-state index in [0.29, 0.717) is 11.1 Å². The van der Waals surface area contributed by atoms with E-state index >= 15 is 0 Å². The molecule has 7 nitrogen and oxygen atoms in total. The van der Waals surface area contributed by atoms with E-state index in [1.165, 1.54) is 18.3 Å². The van der Waals surface area contributed by atoms with Gasteiger partial charge in [0.25, 0.3) is 11.6 Å². The van der Waals surface area contributed by atoms with Crippen molar-refractivity contribution in [1.82, 2.24) is 5.43 Å². The van der Waals surface area contributed by atoms with Crippen molar-refractivity contribution in [3.63, 3.8) is 0 Å². The minimum absolute atomic E-state index is 0.0405. The van der Waals surface area contributed by atoms with Crippen LogP contribution in [0.15, 0.2) is 52.0 Å². The zero-order valence-corrected chi connectivity index (χ0v) is 14.6. The smallest absolute Gasteiger partial charge is 0.271 e. The number of carbonyl (C=O) groups excluding carboxylic acids is 1. The molecule has 2 aromatic rings. The van der Waals surface area contributed by atoms with E-state index in [1.807, 2.05) is 19.0 Å². The number of carbonyl (C=O) groups is 1. The third-order valence-corrected chi connectivity index (χ3v) is 3.71. The maximum Gasteiger partial charge on any atom is 0.271 e. The van der Waals surface area contributed by atoms with Crippen LogP contribution >= 0.6 is 15.9 Å². The van der Waals surface area contributed by atoms with Crippen molar-refractivity contribution in [3.05, 3.63) is 68.2 Å². The van der Waals surface area contributed by atoms with Crippen LogP contribution in [0.5, 0.6) is 0 Å². The zero-order chi connectivity index (χ0) is 17.7. The Morgan fingerprint density at radius 1 is 1.25 bits per heavy atom. The van der Waals surface area contributed by atoms with E-state index in [-0.39, 0.29) is 11.6 Å². The Labute approximate surface area is 147 Å². The molecule has 1 amide bonds. The minimum Gasteiger partial charge on any atom is -0.377 e. The van der Waals surface area contributed by atoms with E-state index in [4.69, 9.17) is 0 Å². The van der Waals surface area contributed by atoms with Gasteiger partial charge in [0.15, 0.2) is 0 Å². The topological polar surface area (TPSA) is 87.8 Å². The molecule has 0 atom stereocenters. The van der Waals surface area contributed by atoms with Crippen LogP contribution in [-0.4, -0.2) is 31.1 Å². The number of nitrogens with zero attached hydrogens (tertiary/aromatic N) is 3. The quantitative estimate of drug-likeness (QED) is 0.482. The van der Waals surface area contributed by atoms with Crippen molar-refractivity contribution in [2.24, 2.45) is 5.10 Å². The van der Waals surface area contributed by atoms with Crippen molar-refractivity contribution in [1.29, 1.82) is 0 Å². The zero-order valence-electron chi connectivity index (χ0n) is 13.1. The van der Waals surface area contributed by atoms with Gasteiger partial charge in [-0.25, -0.2) is 5.43 Å². The molecule has 24 heavy (non-hydrogen) atoms. The van der Waals surface area contributed by atoms with Crippen LogP contribution in [-0.2, 0) is 0 Å². The summed E-state index contributed by atoms with van der Waals surface area (Å²) in [5.41, 5.74) is 4.11. The molecule has 0 radical (unpaired) electrons. The number of halogens is 1. The molecule has 0 saturated heterocycles. The number of non-ortho nitro benzene ring substituents is 1. The standard InChI is InChI=1S/C16H15BrN4O3/c1-20(2)15-8-7-14(21(23)24)9-12(15)10-18-19-16(22)11-3-5-13(17)6-4-11/h3-10H,1-2H3,(H,19,22)/b18-10-. The van der Waals surface area contributed by atoms with E-state index in [1.54, 1.807) is 30.3 Å². The lowest BCUT2D eigenvalue weighted by Crippen LogP contribution is -2.18. The first-order valence-electron chi connectivity index (χ1n) is 6.93. The number of nitrogens with one attached hydrogen (secondary N) is 1. The number of anilines is 1. The molecule has 0 aromatic heterocycles. The maximum atomic E-state index is 12.0. The number of hydrogen-bond donors (Lipinski definition) is 1. The highest BCUT2D eigenvalue weighted by atomic mass is 79.9. The number of amides is 1. The van der Waals surface area contributed by atoms with E-state index in [9.17, 15) is 14.9 Å². The molecule has 2 aromatic carbocycles. The SMILES string of the molecule is CN(C)c1ccc([N+](=O)[O-])cc1/C=N\NC(=O)c1ccc(Br)cc1.